The number of methoxy groups -OCH3 is 1. The molecule has 1 heterocycles. The number of nitrogens with one attached hydrogen (secondary N) is 1. The van der Waals surface area contributed by atoms with Crippen molar-refractivity contribution in [1.29, 1.82) is 0 Å². The van der Waals surface area contributed by atoms with Crippen LogP contribution in [0.4, 0.5) is 0 Å². The molecule has 3 heteroatoms. The molecule has 1 saturated heterocycles. The Morgan fingerprint density at radius 3 is 2.62 bits per heavy atom. The summed E-state index contributed by atoms with van der Waals surface area (Å²) in [5.41, 5.74) is 2.02. The average Bonchev–Trinajstić information content (AvgIpc) is 2.33. The van der Waals surface area contributed by atoms with E-state index in [2.05, 4.69) is 11.4 Å². The zero-order valence-electron chi connectivity index (χ0n) is 9.92. The summed E-state index contributed by atoms with van der Waals surface area (Å²) >= 11 is 0. The number of hydrogen-bond acceptors (Lipinski definition) is 3. The molecule has 0 aromatic heterocycles. The van der Waals surface area contributed by atoms with Gasteiger partial charge in [-0.1, -0.05) is 0 Å². The Labute approximate surface area is 96.4 Å². The van der Waals surface area contributed by atoms with Gasteiger partial charge in [-0.15, -0.1) is 0 Å². The van der Waals surface area contributed by atoms with E-state index in [4.69, 9.17) is 4.74 Å². The van der Waals surface area contributed by atoms with Crippen LogP contribution in [0.25, 0.3) is 0 Å². The molecule has 1 aromatic rings. The highest BCUT2D eigenvalue weighted by molar-refractivity contribution is 5.47. The van der Waals surface area contributed by atoms with Crippen molar-refractivity contribution in [3.63, 3.8) is 0 Å². The molecular weight excluding hydrogens is 202 g/mol. The van der Waals surface area contributed by atoms with Crippen molar-refractivity contribution in [2.24, 2.45) is 0 Å². The van der Waals surface area contributed by atoms with Gasteiger partial charge in [0.05, 0.1) is 7.11 Å². The summed E-state index contributed by atoms with van der Waals surface area (Å²) in [5, 5.41) is 13.2. The minimum Gasteiger partial charge on any atom is -0.508 e. The van der Waals surface area contributed by atoms with Crippen molar-refractivity contribution < 1.29 is 9.84 Å². The smallest absolute Gasteiger partial charge is 0.125 e. The summed E-state index contributed by atoms with van der Waals surface area (Å²) in [6.45, 7) is 3.99. The van der Waals surface area contributed by atoms with Crippen molar-refractivity contribution in [2.45, 2.75) is 25.7 Å². The van der Waals surface area contributed by atoms with Crippen LogP contribution in [0.3, 0.4) is 0 Å². The summed E-state index contributed by atoms with van der Waals surface area (Å²) in [4.78, 5) is 0. The van der Waals surface area contributed by atoms with E-state index in [0.717, 1.165) is 37.2 Å². The van der Waals surface area contributed by atoms with E-state index >= 15 is 0 Å². The van der Waals surface area contributed by atoms with E-state index in [1.54, 1.807) is 7.11 Å². The van der Waals surface area contributed by atoms with E-state index in [1.807, 2.05) is 13.0 Å². The molecule has 1 aliphatic rings. The first-order valence-corrected chi connectivity index (χ1v) is 5.80. The third kappa shape index (κ3) is 2.14. The van der Waals surface area contributed by atoms with Crippen molar-refractivity contribution in [3.8, 4) is 11.5 Å². The molecule has 0 spiro atoms. The van der Waals surface area contributed by atoms with E-state index in [1.165, 1.54) is 5.56 Å². The number of hydrogen-bond donors (Lipinski definition) is 2. The molecule has 16 heavy (non-hydrogen) atoms. The van der Waals surface area contributed by atoms with E-state index < -0.39 is 0 Å². The SMILES string of the molecule is COc1cc(C2CCNCC2)cc(O)c1C. The Hall–Kier alpha value is -1.22. The first-order valence-electron chi connectivity index (χ1n) is 5.80. The lowest BCUT2D eigenvalue weighted by atomic mass is 9.89. The molecule has 1 fully saturated rings. The molecule has 0 bridgehead atoms. The molecule has 0 amide bonds. The molecule has 1 aliphatic heterocycles. The van der Waals surface area contributed by atoms with Gasteiger partial charge in [0.25, 0.3) is 0 Å². The molecule has 3 nitrogen and oxygen atoms in total. The monoisotopic (exact) mass is 221 g/mol. The molecule has 0 saturated carbocycles. The number of aromatic hydroxyl groups is 1. The Kier molecular flexibility index (Phi) is 3.34. The molecule has 88 valence electrons. The molecule has 1 aromatic carbocycles. The minimum atomic E-state index is 0.341. The maximum absolute atomic E-state index is 9.85. The lowest BCUT2D eigenvalue weighted by molar-refractivity contribution is 0.398. The van der Waals surface area contributed by atoms with E-state index in [0.29, 0.717) is 11.7 Å². The average molecular weight is 221 g/mol. The largest absolute Gasteiger partial charge is 0.508 e. The highest BCUT2D eigenvalue weighted by Gasteiger charge is 2.17. The number of ether oxygens (including phenoxy) is 1. The Bertz CT molecular complexity index is 370. The zero-order chi connectivity index (χ0) is 11.5. The van der Waals surface area contributed by atoms with Gasteiger partial charge < -0.3 is 15.2 Å². The molecular formula is C13H19NO2. The van der Waals surface area contributed by atoms with Gasteiger partial charge in [-0.05, 0) is 56.5 Å². The fraction of sp³-hybridized carbons (Fsp3) is 0.538. The Morgan fingerprint density at radius 1 is 1.31 bits per heavy atom. The molecule has 0 unspecified atom stereocenters. The van der Waals surface area contributed by atoms with Crippen LogP contribution < -0.4 is 10.1 Å². The molecule has 2 N–H and O–H groups in total. The van der Waals surface area contributed by atoms with Crippen LogP contribution >= 0.6 is 0 Å². The van der Waals surface area contributed by atoms with Crippen LogP contribution in [0, 0.1) is 6.92 Å². The normalized spacial score (nSPS) is 17.4. The topological polar surface area (TPSA) is 41.5 Å². The number of piperidine rings is 1. The van der Waals surface area contributed by atoms with Gasteiger partial charge in [0, 0.05) is 5.56 Å². The van der Waals surface area contributed by atoms with Crippen LogP contribution in [-0.2, 0) is 0 Å². The number of phenolic OH excluding ortho intramolecular Hbond substituents is 1. The first kappa shape index (κ1) is 11.3. The summed E-state index contributed by atoms with van der Waals surface area (Å²) < 4.78 is 5.28. The molecule has 0 radical (unpaired) electrons. The van der Waals surface area contributed by atoms with Crippen molar-refractivity contribution in [3.05, 3.63) is 23.3 Å². The van der Waals surface area contributed by atoms with Crippen LogP contribution in [0.5, 0.6) is 11.5 Å². The van der Waals surface area contributed by atoms with Crippen molar-refractivity contribution in [1.82, 2.24) is 5.32 Å². The van der Waals surface area contributed by atoms with Crippen LogP contribution in [0.2, 0.25) is 0 Å². The molecule has 0 atom stereocenters. The second-order valence-electron chi connectivity index (χ2n) is 4.39. The van der Waals surface area contributed by atoms with Crippen molar-refractivity contribution >= 4 is 0 Å². The predicted molar refractivity (Wildman–Crippen MR) is 64.2 cm³/mol. The standard InChI is InChI=1S/C13H19NO2/c1-9-12(15)7-11(8-13(9)16-2)10-3-5-14-6-4-10/h7-8,10,14-15H,3-6H2,1-2H3. The second-order valence-corrected chi connectivity index (χ2v) is 4.39. The fourth-order valence-electron chi connectivity index (χ4n) is 2.30. The van der Waals surface area contributed by atoms with Gasteiger partial charge in [0.2, 0.25) is 0 Å². The summed E-state index contributed by atoms with van der Waals surface area (Å²) in [5.74, 6) is 1.67. The van der Waals surface area contributed by atoms with Gasteiger partial charge in [0.1, 0.15) is 11.5 Å². The lowest BCUT2D eigenvalue weighted by Crippen LogP contribution is -2.26. The number of benzene rings is 1. The number of rotatable bonds is 2. The Morgan fingerprint density at radius 2 is 2.00 bits per heavy atom. The maximum Gasteiger partial charge on any atom is 0.125 e. The maximum atomic E-state index is 9.85. The predicted octanol–water partition coefficient (Wildman–Crippen LogP) is 2.18. The highest BCUT2D eigenvalue weighted by Crippen LogP contribution is 2.34. The lowest BCUT2D eigenvalue weighted by Gasteiger charge is -2.24. The summed E-state index contributed by atoms with van der Waals surface area (Å²) in [6, 6.07) is 3.94. The van der Waals surface area contributed by atoms with Crippen LogP contribution in [0.1, 0.15) is 29.9 Å². The minimum absolute atomic E-state index is 0.341. The number of phenols is 1. The van der Waals surface area contributed by atoms with E-state index in [-0.39, 0.29) is 0 Å². The third-order valence-corrected chi connectivity index (χ3v) is 3.39. The van der Waals surface area contributed by atoms with Gasteiger partial charge in [0.15, 0.2) is 0 Å². The molecule has 0 aliphatic carbocycles. The van der Waals surface area contributed by atoms with E-state index in [9.17, 15) is 5.11 Å². The van der Waals surface area contributed by atoms with Gasteiger partial charge >= 0.3 is 0 Å². The zero-order valence-corrected chi connectivity index (χ0v) is 9.92. The second kappa shape index (κ2) is 4.74. The fourth-order valence-corrected chi connectivity index (χ4v) is 2.30. The van der Waals surface area contributed by atoms with Crippen molar-refractivity contribution in [2.75, 3.05) is 20.2 Å². The third-order valence-electron chi connectivity index (χ3n) is 3.39. The summed E-state index contributed by atoms with van der Waals surface area (Å²) in [6.07, 6.45) is 2.26. The van der Waals surface area contributed by atoms with Gasteiger partial charge in [-0.3, -0.25) is 0 Å². The quantitative estimate of drug-likeness (QED) is 0.804. The van der Waals surface area contributed by atoms with Crippen LogP contribution in [0.15, 0.2) is 12.1 Å². The summed E-state index contributed by atoms with van der Waals surface area (Å²) in [7, 11) is 1.65. The highest BCUT2D eigenvalue weighted by atomic mass is 16.5. The van der Waals surface area contributed by atoms with Crippen LogP contribution in [-0.4, -0.2) is 25.3 Å². The first-order chi connectivity index (χ1) is 7.72. The Balaban J connectivity index is 2.29. The molecule has 2 rings (SSSR count). The van der Waals surface area contributed by atoms with Gasteiger partial charge in [-0.25, -0.2) is 0 Å². The van der Waals surface area contributed by atoms with Gasteiger partial charge in [-0.2, -0.15) is 0 Å².